The molecule has 25 heavy (non-hydrogen) atoms. The van der Waals surface area contributed by atoms with Crippen LogP contribution in [-0.2, 0) is 16.1 Å². The summed E-state index contributed by atoms with van der Waals surface area (Å²) in [6, 6.07) is 7.29. The molecule has 1 fully saturated rings. The van der Waals surface area contributed by atoms with Gasteiger partial charge in [0.15, 0.2) is 18.1 Å². The SMILES string of the molecule is CCOc1ccccc1OCC(=O)Nc1cnn(CC2CCCO2)c1. The summed E-state index contributed by atoms with van der Waals surface area (Å²) in [6.45, 7) is 3.86. The molecule has 7 nitrogen and oxygen atoms in total. The average molecular weight is 345 g/mol. The highest BCUT2D eigenvalue weighted by atomic mass is 16.5. The minimum Gasteiger partial charge on any atom is -0.490 e. The lowest BCUT2D eigenvalue weighted by molar-refractivity contribution is -0.118. The molecule has 1 aliphatic heterocycles. The number of para-hydroxylation sites is 2. The average Bonchev–Trinajstić information content (AvgIpc) is 3.27. The Morgan fingerprint density at radius 1 is 1.36 bits per heavy atom. The normalized spacial score (nSPS) is 16.6. The molecule has 1 aromatic heterocycles. The van der Waals surface area contributed by atoms with Gasteiger partial charge >= 0.3 is 0 Å². The molecular formula is C18H23N3O4. The highest BCUT2D eigenvalue weighted by molar-refractivity contribution is 5.91. The molecule has 2 aromatic rings. The number of hydrogen-bond acceptors (Lipinski definition) is 5. The van der Waals surface area contributed by atoms with Gasteiger partial charge in [-0.2, -0.15) is 5.10 Å². The maximum atomic E-state index is 12.1. The maximum Gasteiger partial charge on any atom is 0.262 e. The van der Waals surface area contributed by atoms with Crippen LogP contribution in [0.5, 0.6) is 11.5 Å². The Bertz CT molecular complexity index is 695. The van der Waals surface area contributed by atoms with Crippen molar-refractivity contribution in [3.05, 3.63) is 36.7 Å². The van der Waals surface area contributed by atoms with Crippen LogP contribution in [0.2, 0.25) is 0 Å². The molecule has 2 heterocycles. The van der Waals surface area contributed by atoms with Gasteiger partial charge in [-0.15, -0.1) is 0 Å². The number of benzene rings is 1. The van der Waals surface area contributed by atoms with E-state index in [0.717, 1.165) is 19.4 Å². The Morgan fingerprint density at radius 2 is 2.16 bits per heavy atom. The molecule has 0 saturated carbocycles. The minimum atomic E-state index is -0.247. The zero-order valence-corrected chi connectivity index (χ0v) is 14.3. The molecule has 1 aliphatic rings. The summed E-state index contributed by atoms with van der Waals surface area (Å²) in [5.41, 5.74) is 0.643. The van der Waals surface area contributed by atoms with Crippen LogP contribution < -0.4 is 14.8 Å². The van der Waals surface area contributed by atoms with Gasteiger partial charge < -0.3 is 19.5 Å². The number of ether oxygens (including phenoxy) is 3. The molecule has 7 heteroatoms. The Hall–Kier alpha value is -2.54. The topological polar surface area (TPSA) is 74.6 Å². The predicted octanol–water partition coefficient (Wildman–Crippen LogP) is 2.48. The van der Waals surface area contributed by atoms with Crippen molar-refractivity contribution in [2.45, 2.75) is 32.4 Å². The summed E-state index contributed by atoms with van der Waals surface area (Å²) < 4.78 is 18.4. The zero-order valence-electron chi connectivity index (χ0n) is 14.3. The van der Waals surface area contributed by atoms with Crippen LogP contribution >= 0.6 is 0 Å². The largest absolute Gasteiger partial charge is 0.490 e. The lowest BCUT2D eigenvalue weighted by Gasteiger charge is -2.11. The zero-order chi connectivity index (χ0) is 17.5. The van der Waals surface area contributed by atoms with Crippen LogP contribution in [-0.4, -0.2) is 41.6 Å². The monoisotopic (exact) mass is 345 g/mol. The number of aromatic nitrogens is 2. The molecule has 1 unspecified atom stereocenters. The molecule has 1 N–H and O–H groups in total. The van der Waals surface area contributed by atoms with Crippen LogP contribution in [0.4, 0.5) is 5.69 Å². The van der Waals surface area contributed by atoms with E-state index in [-0.39, 0.29) is 18.6 Å². The first-order valence-electron chi connectivity index (χ1n) is 8.53. The molecule has 0 spiro atoms. The molecule has 0 bridgehead atoms. The first kappa shape index (κ1) is 17.3. The smallest absolute Gasteiger partial charge is 0.262 e. The molecule has 134 valence electrons. The van der Waals surface area contributed by atoms with Crippen LogP contribution in [0.25, 0.3) is 0 Å². The second-order valence-electron chi connectivity index (χ2n) is 5.80. The Kier molecular flexibility index (Phi) is 5.90. The number of carbonyl (C=O) groups excluding carboxylic acids is 1. The van der Waals surface area contributed by atoms with Gasteiger partial charge in [0.05, 0.1) is 31.1 Å². The number of rotatable bonds is 8. The summed E-state index contributed by atoms with van der Waals surface area (Å²) >= 11 is 0. The number of nitrogens with one attached hydrogen (secondary N) is 1. The van der Waals surface area contributed by atoms with Crippen LogP contribution in [0.3, 0.4) is 0 Å². The molecule has 0 aliphatic carbocycles. The third kappa shape index (κ3) is 4.96. The summed E-state index contributed by atoms with van der Waals surface area (Å²) in [4.78, 5) is 12.1. The van der Waals surface area contributed by atoms with E-state index < -0.39 is 0 Å². The Labute approximate surface area is 146 Å². The summed E-state index contributed by atoms with van der Waals surface area (Å²) in [5, 5.41) is 7.03. The fourth-order valence-electron chi connectivity index (χ4n) is 2.71. The summed E-state index contributed by atoms with van der Waals surface area (Å²) in [7, 11) is 0. The quantitative estimate of drug-likeness (QED) is 0.795. The first-order valence-corrected chi connectivity index (χ1v) is 8.53. The minimum absolute atomic E-state index is 0.0962. The van der Waals surface area contributed by atoms with E-state index in [4.69, 9.17) is 14.2 Å². The van der Waals surface area contributed by atoms with E-state index >= 15 is 0 Å². The van der Waals surface area contributed by atoms with Gasteiger partial charge in [-0.1, -0.05) is 12.1 Å². The predicted molar refractivity (Wildman–Crippen MR) is 92.9 cm³/mol. The lowest BCUT2D eigenvalue weighted by Crippen LogP contribution is -2.20. The van der Waals surface area contributed by atoms with Crippen molar-refractivity contribution in [3.8, 4) is 11.5 Å². The summed E-state index contributed by atoms with van der Waals surface area (Å²) in [6.07, 6.45) is 5.78. The Balaban J connectivity index is 1.48. The van der Waals surface area contributed by atoms with Crippen LogP contribution in [0.15, 0.2) is 36.7 Å². The molecule has 1 atom stereocenters. The van der Waals surface area contributed by atoms with Gasteiger partial charge in [-0.25, -0.2) is 0 Å². The molecule has 1 saturated heterocycles. The number of amides is 1. The highest BCUT2D eigenvalue weighted by Crippen LogP contribution is 2.26. The van der Waals surface area contributed by atoms with Crippen LogP contribution in [0.1, 0.15) is 19.8 Å². The third-order valence-corrected chi connectivity index (χ3v) is 3.84. The van der Waals surface area contributed by atoms with E-state index in [1.165, 1.54) is 0 Å². The van der Waals surface area contributed by atoms with Gasteiger partial charge in [0.25, 0.3) is 5.91 Å². The lowest BCUT2D eigenvalue weighted by atomic mass is 10.2. The molecule has 1 amide bonds. The Morgan fingerprint density at radius 3 is 2.88 bits per heavy atom. The number of anilines is 1. The number of carbonyl (C=O) groups is 1. The van der Waals surface area contributed by atoms with Crippen molar-refractivity contribution < 1.29 is 19.0 Å². The van der Waals surface area contributed by atoms with Crippen molar-refractivity contribution in [2.24, 2.45) is 0 Å². The van der Waals surface area contributed by atoms with Crippen LogP contribution in [0, 0.1) is 0 Å². The van der Waals surface area contributed by atoms with Crippen molar-refractivity contribution in [1.29, 1.82) is 0 Å². The molecular weight excluding hydrogens is 322 g/mol. The second kappa shape index (κ2) is 8.53. The third-order valence-electron chi connectivity index (χ3n) is 3.84. The van der Waals surface area contributed by atoms with Crippen molar-refractivity contribution in [1.82, 2.24) is 9.78 Å². The fraction of sp³-hybridized carbons (Fsp3) is 0.444. The molecule has 0 radical (unpaired) electrons. The first-order chi connectivity index (χ1) is 12.2. The molecule has 3 rings (SSSR count). The number of hydrogen-bond donors (Lipinski definition) is 1. The van der Waals surface area contributed by atoms with Gasteiger partial charge in [-0.05, 0) is 31.9 Å². The highest BCUT2D eigenvalue weighted by Gasteiger charge is 2.16. The maximum absolute atomic E-state index is 12.1. The number of nitrogens with zero attached hydrogens (tertiary/aromatic N) is 2. The van der Waals surface area contributed by atoms with Crippen molar-refractivity contribution >= 4 is 11.6 Å². The van der Waals surface area contributed by atoms with Crippen molar-refractivity contribution in [2.75, 3.05) is 25.1 Å². The van der Waals surface area contributed by atoms with E-state index in [0.29, 0.717) is 30.3 Å². The van der Waals surface area contributed by atoms with E-state index in [1.807, 2.05) is 25.1 Å². The van der Waals surface area contributed by atoms with Crippen molar-refractivity contribution in [3.63, 3.8) is 0 Å². The molecule has 1 aromatic carbocycles. The fourth-order valence-corrected chi connectivity index (χ4v) is 2.71. The second-order valence-corrected chi connectivity index (χ2v) is 5.80. The van der Waals surface area contributed by atoms with Gasteiger partial charge in [-0.3, -0.25) is 9.48 Å². The summed E-state index contributed by atoms with van der Waals surface area (Å²) in [5.74, 6) is 0.929. The van der Waals surface area contributed by atoms with E-state index in [9.17, 15) is 4.79 Å². The van der Waals surface area contributed by atoms with Gasteiger partial charge in [0.1, 0.15) is 0 Å². The van der Waals surface area contributed by atoms with Gasteiger partial charge in [0.2, 0.25) is 0 Å². The van der Waals surface area contributed by atoms with E-state index in [2.05, 4.69) is 10.4 Å². The standard InChI is InChI=1S/C18H23N3O4/c1-2-23-16-7-3-4-8-17(16)25-13-18(22)20-14-10-19-21(11-14)12-15-6-5-9-24-15/h3-4,7-8,10-11,15H,2,5-6,9,12-13H2,1H3,(H,20,22). The van der Waals surface area contributed by atoms with E-state index in [1.54, 1.807) is 23.1 Å². The van der Waals surface area contributed by atoms with Gasteiger partial charge in [0, 0.05) is 12.8 Å².